The van der Waals surface area contributed by atoms with Crippen molar-refractivity contribution in [2.24, 2.45) is 5.92 Å². The number of ether oxygens (including phenoxy) is 3. The molecule has 0 fully saturated rings. The van der Waals surface area contributed by atoms with Gasteiger partial charge in [0.25, 0.3) is 5.91 Å². The van der Waals surface area contributed by atoms with Crippen LogP contribution in [0.3, 0.4) is 0 Å². The lowest BCUT2D eigenvalue weighted by atomic mass is 10.1. The normalized spacial score (nSPS) is 14.5. The van der Waals surface area contributed by atoms with Crippen LogP contribution in [0.4, 0.5) is 0 Å². The molecule has 2 rings (SSSR count). The Bertz CT molecular complexity index is 851. The summed E-state index contributed by atoms with van der Waals surface area (Å²) in [4.78, 5) is 24.4. The molecule has 2 N–H and O–H groups in total. The first kappa shape index (κ1) is 23.9. The van der Waals surface area contributed by atoms with E-state index in [0.717, 1.165) is 12.8 Å². The maximum Gasteiger partial charge on any atom is 0.324 e. The van der Waals surface area contributed by atoms with E-state index in [1.807, 2.05) is 13.8 Å². The molecule has 10 heteroatoms. The van der Waals surface area contributed by atoms with Gasteiger partial charge in [0.2, 0.25) is 10.0 Å². The number of rotatable bonds is 10. The number of carbonyl (C=O) groups excluding carboxylic acids is 2. The van der Waals surface area contributed by atoms with Crippen LogP contribution in [-0.4, -0.2) is 52.2 Å². The zero-order valence-corrected chi connectivity index (χ0v) is 18.6. The minimum absolute atomic E-state index is 0.00538. The Morgan fingerprint density at radius 2 is 1.73 bits per heavy atom. The topological polar surface area (TPSA) is 120 Å². The van der Waals surface area contributed by atoms with Crippen molar-refractivity contribution in [2.45, 2.75) is 57.5 Å². The number of hydrogen-bond acceptors (Lipinski definition) is 7. The van der Waals surface area contributed by atoms with Crippen LogP contribution in [0.15, 0.2) is 23.1 Å². The fourth-order valence-corrected chi connectivity index (χ4v) is 4.22. The number of hydrogen-bond donors (Lipinski definition) is 2. The first-order chi connectivity index (χ1) is 14.2. The van der Waals surface area contributed by atoms with E-state index >= 15 is 0 Å². The Morgan fingerprint density at radius 1 is 1.10 bits per heavy atom. The number of nitrogens with one attached hydrogen (secondary N) is 2. The second-order valence-corrected chi connectivity index (χ2v) is 9.05. The molecule has 1 heterocycles. The van der Waals surface area contributed by atoms with Gasteiger partial charge < -0.3 is 19.5 Å². The molecule has 1 aliphatic heterocycles. The lowest BCUT2D eigenvalue weighted by Crippen LogP contribution is -2.46. The molecule has 30 heavy (non-hydrogen) atoms. The molecule has 1 aromatic rings. The molecule has 1 amide bonds. The summed E-state index contributed by atoms with van der Waals surface area (Å²) in [5.74, 6) is -0.846. The van der Waals surface area contributed by atoms with Crippen LogP contribution in [0.2, 0.25) is 0 Å². The van der Waals surface area contributed by atoms with Gasteiger partial charge in [0.15, 0.2) is 18.1 Å². The molecular weight excluding hydrogens is 412 g/mol. The van der Waals surface area contributed by atoms with E-state index in [0.29, 0.717) is 24.7 Å². The van der Waals surface area contributed by atoms with Crippen molar-refractivity contribution in [3.05, 3.63) is 18.2 Å². The average molecular weight is 443 g/mol. The highest BCUT2D eigenvalue weighted by atomic mass is 32.2. The molecule has 1 unspecified atom stereocenters. The van der Waals surface area contributed by atoms with Gasteiger partial charge in [-0.15, -0.1) is 0 Å². The summed E-state index contributed by atoms with van der Waals surface area (Å²) in [5.41, 5.74) is 0. The SMILES string of the molecule is CCC(CC)NC(=O)COC(=O)C(NS(=O)(=O)c1ccc2c(c1)OCCO2)C(C)C. The summed E-state index contributed by atoms with van der Waals surface area (Å²) in [5, 5.41) is 2.76. The van der Waals surface area contributed by atoms with Crippen molar-refractivity contribution in [3.8, 4) is 11.5 Å². The lowest BCUT2D eigenvalue weighted by molar-refractivity contribution is -0.151. The number of sulfonamides is 1. The van der Waals surface area contributed by atoms with Crippen molar-refractivity contribution < 1.29 is 32.2 Å². The van der Waals surface area contributed by atoms with Crippen LogP contribution in [0.1, 0.15) is 40.5 Å². The number of fused-ring (bicyclic) bond motifs is 1. The van der Waals surface area contributed by atoms with Gasteiger partial charge in [-0.1, -0.05) is 27.7 Å². The highest BCUT2D eigenvalue weighted by molar-refractivity contribution is 7.89. The van der Waals surface area contributed by atoms with Crippen molar-refractivity contribution in [2.75, 3.05) is 19.8 Å². The molecule has 0 radical (unpaired) electrons. The Balaban J connectivity index is 2.05. The first-order valence-electron chi connectivity index (χ1n) is 10.1. The maximum absolute atomic E-state index is 12.8. The minimum atomic E-state index is -4.04. The number of carbonyl (C=O) groups is 2. The van der Waals surface area contributed by atoms with E-state index in [9.17, 15) is 18.0 Å². The summed E-state index contributed by atoms with van der Waals surface area (Å²) in [6.45, 7) is 7.51. The second kappa shape index (κ2) is 10.6. The molecule has 9 nitrogen and oxygen atoms in total. The van der Waals surface area contributed by atoms with E-state index in [2.05, 4.69) is 10.0 Å². The molecular formula is C20H30N2O7S. The lowest BCUT2D eigenvalue weighted by Gasteiger charge is -2.22. The zero-order chi connectivity index (χ0) is 22.3. The Morgan fingerprint density at radius 3 is 2.33 bits per heavy atom. The highest BCUT2D eigenvalue weighted by Gasteiger charge is 2.31. The molecule has 1 aliphatic rings. The van der Waals surface area contributed by atoms with Gasteiger partial charge in [0.05, 0.1) is 4.90 Å². The van der Waals surface area contributed by atoms with Gasteiger partial charge in [-0.25, -0.2) is 8.42 Å². The summed E-state index contributed by atoms with van der Waals surface area (Å²) < 4.78 is 43.9. The molecule has 1 aromatic carbocycles. The predicted octanol–water partition coefficient (Wildman–Crippen LogP) is 1.61. The van der Waals surface area contributed by atoms with E-state index in [1.54, 1.807) is 13.8 Å². The van der Waals surface area contributed by atoms with Gasteiger partial charge in [-0.3, -0.25) is 9.59 Å². The van der Waals surface area contributed by atoms with Gasteiger partial charge >= 0.3 is 5.97 Å². The monoisotopic (exact) mass is 442 g/mol. The molecule has 1 atom stereocenters. The minimum Gasteiger partial charge on any atom is -0.486 e. The van der Waals surface area contributed by atoms with E-state index in [-0.39, 0.29) is 10.9 Å². The number of amides is 1. The Kier molecular flexibility index (Phi) is 8.48. The largest absolute Gasteiger partial charge is 0.486 e. The summed E-state index contributed by atoms with van der Waals surface area (Å²) in [6.07, 6.45) is 1.53. The maximum atomic E-state index is 12.8. The standard InChI is InChI=1S/C20H30N2O7S/c1-5-14(6-2)21-18(23)12-29-20(24)19(13(3)4)22-30(25,26)15-7-8-16-17(11-15)28-10-9-27-16/h7-8,11,13-14,19,22H,5-6,9-10,12H2,1-4H3,(H,21,23). The Labute approximate surface area is 177 Å². The first-order valence-corrected chi connectivity index (χ1v) is 11.5. The van der Waals surface area contributed by atoms with E-state index in [4.69, 9.17) is 14.2 Å². The molecule has 0 aromatic heterocycles. The average Bonchev–Trinajstić information content (AvgIpc) is 2.73. The number of benzene rings is 1. The summed E-state index contributed by atoms with van der Waals surface area (Å²) >= 11 is 0. The van der Waals surface area contributed by atoms with Gasteiger partial charge in [-0.05, 0) is 30.9 Å². The predicted molar refractivity (Wildman–Crippen MR) is 110 cm³/mol. The van der Waals surface area contributed by atoms with Crippen LogP contribution in [0.5, 0.6) is 11.5 Å². The van der Waals surface area contributed by atoms with Gasteiger partial charge in [0, 0.05) is 12.1 Å². The fourth-order valence-electron chi connectivity index (χ4n) is 2.87. The van der Waals surface area contributed by atoms with Crippen molar-refractivity contribution in [1.29, 1.82) is 0 Å². The van der Waals surface area contributed by atoms with Crippen LogP contribution in [-0.2, 0) is 24.3 Å². The molecule has 0 saturated carbocycles. The van der Waals surface area contributed by atoms with E-state index in [1.165, 1.54) is 18.2 Å². The van der Waals surface area contributed by atoms with Gasteiger partial charge in [0.1, 0.15) is 19.3 Å². The molecule has 0 spiro atoms. The summed E-state index contributed by atoms with van der Waals surface area (Å²) in [7, 11) is -4.04. The second-order valence-electron chi connectivity index (χ2n) is 7.34. The van der Waals surface area contributed by atoms with Crippen LogP contribution >= 0.6 is 0 Å². The molecule has 0 saturated heterocycles. The summed E-state index contributed by atoms with van der Waals surface area (Å²) in [6, 6.07) is 3.09. The number of esters is 1. The molecule has 0 bridgehead atoms. The third-order valence-electron chi connectivity index (χ3n) is 4.72. The fraction of sp³-hybridized carbons (Fsp3) is 0.600. The van der Waals surface area contributed by atoms with Crippen molar-refractivity contribution >= 4 is 21.9 Å². The molecule has 168 valence electrons. The molecule has 0 aliphatic carbocycles. The van der Waals surface area contributed by atoms with Gasteiger partial charge in [-0.2, -0.15) is 4.72 Å². The third-order valence-corrected chi connectivity index (χ3v) is 6.16. The highest BCUT2D eigenvalue weighted by Crippen LogP contribution is 2.32. The van der Waals surface area contributed by atoms with E-state index < -0.39 is 40.5 Å². The van der Waals surface area contributed by atoms with Crippen LogP contribution < -0.4 is 19.5 Å². The smallest absolute Gasteiger partial charge is 0.324 e. The quantitative estimate of drug-likeness (QED) is 0.528. The van der Waals surface area contributed by atoms with Crippen molar-refractivity contribution in [3.63, 3.8) is 0 Å². The third kappa shape index (κ3) is 6.33. The zero-order valence-electron chi connectivity index (χ0n) is 17.8. The van der Waals surface area contributed by atoms with Crippen LogP contribution in [0.25, 0.3) is 0 Å². The van der Waals surface area contributed by atoms with Crippen LogP contribution in [0, 0.1) is 5.92 Å². The Hall–Kier alpha value is -2.33. The van der Waals surface area contributed by atoms with Crippen molar-refractivity contribution in [1.82, 2.24) is 10.0 Å².